The van der Waals surface area contributed by atoms with Crippen molar-refractivity contribution >= 4 is 42.3 Å². The summed E-state index contributed by atoms with van der Waals surface area (Å²) in [6, 6.07) is 5.34. The first-order chi connectivity index (χ1) is 7.79. The topological polar surface area (TPSA) is 77.2 Å². The van der Waals surface area contributed by atoms with Gasteiger partial charge in [0, 0.05) is 38.5 Å². The molecule has 96 valence electrons. The smallest absolute Gasteiger partial charge is 0.148 e. The predicted molar refractivity (Wildman–Crippen MR) is 75.0 cm³/mol. The van der Waals surface area contributed by atoms with Crippen molar-refractivity contribution in [3.63, 3.8) is 0 Å². The van der Waals surface area contributed by atoms with E-state index >= 15 is 0 Å². The van der Waals surface area contributed by atoms with Crippen LogP contribution in [0.15, 0.2) is 22.7 Å². The van der Waals surface area contributed by atoms with Gasteiger partial charge >= 0.3 is 0 Å². The van der Waals surface area contributed by atoms with Gasteiger partial charge in [0.25, 0.3) is 0 Å². The Labute approximate surface area is 112 Å². The summed E-state index contributed by atoms with van der Waals surface area (Å²) in [5, 5.41) is 0. The van der Waals surface area contributed by atoms with Gasteiger partial charge in [-0.05, 0) is 12.1 Å². The maximum Gasteiger partial charge on any atom is 0.148 e. The molecule has 0 saturated heterocycles. The van der Waals surface area contributed by atoms with E-state index in [4.69, 9.17) is 5.73 Å². The molecule has 1 rings (SSSR count). The molecule has 2 N–H and O–H groups in total. The van der Waals surface area contributed by atoms with Crippen LogP contribution in [-0.4, -0.2) is 30.4 Å². The molecule has 4 nitrogen and oxygen atoms in total. The first-order valence-corrected chi connectivity index (χ1v) is 9.19. The molecule has 0 aliphatic heterocycles. The monoisotopic (exact) mass is 339 g/mol. The summed E-state index contributed by atoms with van der Waals surface area (Å²) < 4.78 is 34.4. The highest BCUT2D eigenvalue weighted by Gasteiger charge is 2.11. The zero-order valence-electron chi connectivity index (χ0n) is 9.35. The van der Waals surface area contributed by atoms with E-state index in [2.05, 4.69) is 15.9 Å². The molecule has 1 unspecified atom stereocenters. The fraction of sp³-hybridized carbons (Fsp3) is 0.400. The van der Waals surface area contributed by atoms with Crippen LogP contribution in [0.25, 0.3) is 0 Å². The van der Waals surface area contributed by atoms with Crippen LogP contribution in [0.1, 0.15) is 5.56 Å². The SMILES string of the molecule is CS(=O)(=O)CCS(=O)Cc1c(N)cccc1Br. The first kappa shape index (κ1) is 14.7. The van der Waals surface area contributed by atoms with Crippen molar-refractivity contribution < 1.29 is 12.6 Å². The van der Waals surface area contributed by atoms with Crippen molar-refractivity contribution in [3.05, 3.63) is 28.2 Å². The zero-order valence-corrected chi connectivity index (χ0v) is 12.6. The second-order valence-electron chi connectivity index (χ2n) is 3.73. The molecule has 0 spiro atoms. The molecule has 0 radical (unpaired) electrons. The minimum atomic E-state index is -3.07. The van der Waals surface area contributed by atoms with Crippen molar-refractivity contribution in [1.82, 2.24) is 0 Å². The van der Waals surface area contributed by atoms with E-state index in [9.17, 15) is 12.6 Å². The Morgan fingerprint density at radius 2 is 2.06 bits per heavy atom. The Morgan fingerprint density at radius 1 is 1.41 bits per heavy atom. The number of nitrogens with two attached hydrogens (primary N) is 1. The normalized spacial score (nSPS) is 13.5. The molecule has 1 aromatic rings. The Morgan fingerprint density at radius 3 is 2.59 bits per heavy atom. The van der Waals surface area contributed by atoms with E-state index in [-0.39, 0.29) is 17.3 Å². The number of halogens is 1. The fourth-order valence-corrected chi connectivity index (χ4v) is 4.66. The van der Waals surface area contributed by atoms with E-state index in [1.54, 1.807) is 12.1 Å². The van der Waals surface area contributed by atoms with Gasteiger partial charge < -0.3 is 5.73 Å². The van der Waals surface area contributed by atoms with Crippen LogP contribution < -0.4 is 5.73 Å². The zero-order chi connectivity index (χ0) is 13.1. The quantitative estimate of drug-likeness (QED) is 0.821. The van der Waals surface area contributed by atoms with Crippen molar-refractivity contribution in [2.75, 3.05) is 23.5 Å². The molecule has 1 atom stereocenters. The first-order valence-electron chi connectivity index (χ1n) is 4.85. The molecule has 0 aliphatic rings. The van der Waals surface area contributed by atoms with Gasteiger partial charge in [0.1, 0.15) is 9.84 Å². The van der Waals surface area contributed by atoms with Gasteiger partial charge in [-0.15, -0.1) is 0 Å². The highest BCUT2D eigenvalue weighted by atomic mass is 79.9. The van der Waals surface area contributed by atoms with Gasteiger partial charge in [-0.2, -0.15) is 0 Å². The molecule has 0 saturated carbocycles. The van der Waals surface area contributed by atoms with Gasteiger partial charge in [-0.25, -0.2) is 8.42 Å². The van der Waals surface area contributed by atoms with Crippen LogP contribution in [0, 0.1) is 0 Å². The van der Waals surface area contributed by atoms with Crippen LogP contribution in [0.2, 0.25) is 0 Å². The van der Waals surface area contributed by atoms with E-state index in [0.717, 1.165) is 16.3 Å². The molecule has 0 aliphatic carbocycles. The lowest BCUT2D eigenvalue weighted by molar-refractivity contribution is 0.602. The Hall–Kier alpha value is -0.400. The number of hydrogen-bond acceptors (Lipinski definition) is 4. The molecule has 0 fully saturated rings. The van der Waals surface area contributed by atoms with Gasteiger partial charge in [0.2, 0.25) is 0 Å². The fourth-order valence-electron chi connectivity index (χ4n) is 1.21. The minimum Gasteiger partial charge on any atom is -0.398 e. The van der Waals surface area contributed by atoms with E-state index in [0.29, 0.717) is 5.69 Å². The van der Waals surface area contributed by atoms with Gasteiger partial charge in [0.05, 0.1) is 11.5 Å². The predicted octanol–water partition coefficient (Wildman–Crippen LogP) is 1.32. The van der Waals surface area contributed by atoms with Gasteiger partial charge in [0.15, 0.2) is 0 Å². The average molecular weight is 340 g/mol. The van der Waals surface area contributed by atoms with Gasteiger partial charge in [-0.1, -0.05) is 22.0 Å². The number of nitrogen functional groups attached to an aromatic ring is 1. The minimum absolute atomic E-state index is 0.0655. The molecule has 1 aromatic carbocycles. The second-order valence-corrected chi connectivity index (χ2v) is 8.42. The third-order valence-corrected chi connectivity index (χ3v) is 5.36. The summed E-state index contributed by atoms with van der Waals surface area (Å²) in [4.78, 5) is 0. The number of benzene rings is 1. The van der Waals surface area contributed by atoms with E-state index in [1.165, 1.54) is 0 Å². The van der Waals surface area contributed by atoms with Crippen LogP contribution in [-0.2, 0) is 26.4 Å². The Bertz CT molecular complexity index is 508. The molecule has 0 bridgehead atoms. The highest BCUT2D eigenvalue weighted by molar-refractivity contribution is 9.10. The number of sulfone groups is 1. The molecule has 0 aromatic heterocycles. The van der Waals surface area contributed by atoms with Crippen LogP contribution in [0.3, 0.4) is 0 Å². The average Bonchev–Trinajstić information content (AvgIpc) is 2.20. The molecule has 7 heteroatoms. The van der Waals surface area contributed by atoms with Crippen molar-refractivity contribution in [3.8, 4) is 0 Å². The summed E-state index contributed by atoms with van der Waals surface area (Å²) in [5.74, 6) is 0.340. The van der Waals surface area contributed by atoms with Crippen LogP contribution in [0.4, 0.5) is 5.69 Å². The molecule has 0 heterocycles. The molecule has 0 amide bonds. The summed E-state index contributed by atoms with van der Waals surface area (Å²) in [5.41, 5.74) is 7.09. The Kier molecular flexibility index (Phi) is 5.15. The lowest BCUT2D eigenvalue weighted by Crippen LogP contribution is -2.13. The van der Waals surface area contributed by atoms with E-state index in [1.807, 2.05) is 6.07 Å². The van der Waals surface area contributed by atoms with Crippen molar-refractivity contribution in [2.24, 2.45) is 0 Å². The molecule has 17 heavy (non-hydrogen) atoms. The third kappa shape index (κ3) is 5.18. The van der Waals surface area contributed by atoms with Gasteiger partial charge in [-0.3, -0.25) is 4.21 Å². The Balaban J connectivity index is 2.69. The lowest BCUT2D eigenvalue weighted by atomic mass is 10.2. The summed E-state index contributed by atoms with van der Waals surface area (Å²) >= 11 is 3.33. The highest BCUT2D eigenvalue weighted by Crippen LogP contribution is 2.23. The number of rotatable bonds is 5. The molecular formula is C10H14BrNO3S2. The summed E-state index contributed by atoms with van der Waals surface area (Å²) in [6.45, 7) is 0. The number of anilines is 1. The lowest BCUT2D eigenvalue weighted by Gasteiger charge is -2.07. The summed E-state index contributed by atoms with van der Waals surface area (Å²) in [7, 11) is -4.29. The second kappa shape index (κ2) is 5.97. The van der Waals surface area contributed by atoms with Crippen LogP contribution >= 0.6 is 15.9 Å². The maximum absolute atomic E-state index is 11.7. The van der Waals surface area contributed by atoms with E-state index < -0.39 is 20.6 Å². The number of hydrogen-bond donors (Lipinski definition) is 1. The van der Waals surface area contributed by atoms with Crippen molar-refractivity contribution in [2.45, 2.75) is 5.75 Å². The maximum atomic E-state index is 11.7. The summed E-state index contributed by atoms with van der Waals surface area (Å²) in [6.07, 6.45) is 1.14. The molecular weight excluding hydrogens is 326 g/mol. The van der Waals surface area contributed by atoms with Crippen LogP contribution in [0.5, 0.6) is 0 Å². The van der Waals surface area contributed by atoms with Crippen molar-refractivity contribution in [1.29, 1.82) is 0 Å². The third-order valence-electron chi connectivity index (χ3n) is 2.14. The standard InChI is InChI=1S/C10H14BrNO3S2/c1-17(14,15)6-5-16(13)7-8-9(11)3-2-4-10(8)12/h2-4H,5-7,12H2,1H3. The largest absolute Gasteiger partial charge is 0.398 e.